The van der Waals surface area contributed by atoms with Crippen LogP contribution >= 0.6 is 0 Å². The Hall–Kier alpha value is -14.5. The van der Waals surface area contributed by atoms with Gasteiger partial charge in [0.25, 0.3) is 0 Å². The first-order valence-corrected chi connectivity index (χ1v) is 42.2. The molecule has 26 heteroatoms. The monoisotopic (exact) mass is 1820 g/mol. The van der Waals surface area contributed by atoms with Crippen LogP contribution in [0, 0.1) is 17.5 Å². The van der Waals surface area contributed by atoms with Crippen LogP contribution in [0.5, 0.6) is 51.7 Å². The van der Waals surface area contributed by atoms with Gasteiger partial charge in [-0.3, -0.25) is 0 Å². The SMILES string of the molecule is C=C(C)C(=O)Oc1ccc(-c2ccc(-c3cc(COCC)c(OC(=O)C(=C)C)c(COCC)c3)c(F)c2)cc1OC(=O)C(=C)C.C=C(C)C(=O)Oc1ccc(-c2ccc(-c3cc(F)c(OC(=O)C(=C)C)c(OC(=O)C(=C)C)c3)c(COCC)c2)cc1COCCC.C=C(C)C(=O)Oc1ccc(-c2ccc(-c3ccc(OC(=O)C(=C)C)c(OC(=O)C(=C)C)c3)c(COCCC)c2)c(F)c1. The molecule has 133 heavy (non-hydrogen) atoms. The summed E-state index contributed by atoms with van der Waals surface area (Å²) >= 11 is 0. The zero-order chi connectivity index (χ0) is 98.2. The van der Waals surface area contributed by atoms with E-state index in [9.17, 15) is 43.2 Å². The Bertz CT molecular complexity index is 6010. The fourth-order valence-corrected chi connectivity index (χ4v) is 11.8. The molecule has 0 atom stereocenters. The topological polar surface area (TPSA) is 283 Å². The van der Waals surface area contributed by atoms with E-state index in [1.807, 2.05) is 58.9 Å². The minimum absolute atomic E-state index is 0.00506. The molecule has 0 aliphatic rings. The molecular formula is C107H109F3O23. The maximum atomic E-state index is 15.8. The van der Waals surface area contributed by atoms with Gasteiger partial charge in [0.05, 0.1) is 33.0 Å². The van der Waals surface area contributed by atoms with Gasteiger partial charge in [-0.05, 0) is 254 Å². The molecule has 0 unspecified atom stereocenters. The number of esters is 9. The van der Waals surface area contributed by atoms with E-state index in [1.165, 1.54) is 97.0 Å². The van der Waals surface area contributed by atoms with Crippen molar-refractivity contribution in [1.82, 2.24) is 0 Å². The molecule has 9 aromatic rings. The van der Waals surface area contributed by atoms with E-state index in [0.29, 0.717) is 106 Å². The molecule has 0 N–H and O–H groups in total. The Kier molecular flexibility index (Phi) is 40.1. The third-order valence-corrected chi connectivity index (χ3v) is 18.8. The lowest BCUT2D eigenvalue weighted by Gasteiger charge is -2.18. The van der Waals surface area contributed by atoms with E-state index in [1.54, 1.807) is 86.6 Å². The van der Waals surface area contributed by atoms with Crippen molar-refractivity contribution in [1.29, 1.82) is 0 Å². The Balaban J connectivity index is 0.000000273. The van der Waals surface area contributed by atoms with Gasteiger partial charge in [0, 0.05) is 117 Å². The number of carbonyl (C=O) groups excluding carboxylic acids is 9. The highest BCUT2D eigenvalue weighted by Gasteiger charge is 2.27. The molecule has 0 saturated heterocycles. The number of benzene rings is 9. The van der Waals surface area contributed by atoms with Crippen LogP contribution in [0.25, 0.3) is 66.8 Å². The standard InChI is InChI=1S/C37H39FO8.C36H37FO8.C34H33FO7/c1-9-15-43-21-29-17-26(12-14-32(29)44-35(39)22(3)4)25-11-13-30(28(16-25)20-42-10-2)27-18-31(38)34(46-37(41)24(7)8)33(19-27)45-36(40)23(5)6;1-9-41-19-27-15-26(16-28(20-42-10-2)33(27)45-36(40)23(7)8)29-13-11-24(17-30(29)37)25-12-14-31(43-34(38)21(3)4)32(18-25)44-35(39)22(5)6;1-8-15-39-19-25-16-23(28-13-11-26(18-29(28)35)40-32(36)20(2)3)9-12-27(25)24-10-14-30(41-33(37)21(4)5)31(17-24)42-34(38)22(6)7/h11-14,16-19H,3,5,7,9-10,15,20-21H2,1-2,4,6,8H3;11-18H,3,5,7,9-10,19-20H2,1-2,4,6,8H3;9-14,16-18H,2,4,6,8,15,19H2,1,3,5,7H3. The predicted octanol–water partition coefficient (Wildman–Crippen LogP) is 23.3. The highest BCUT2D eigenvalue weighted by Crippen LogP contribution is 2.44. The maximum Gasteiger partial charge on any atom is 0.338 e. The normalized spacial score (nSPS) is 10.6. The molecular weight excluding hydrogens is 1710 g/mol. The molecule has 0 spiro atoms. The van der Waals surface area contributed by atoms with Crippen LogP contribution in [0.2, 0.25) is 0 Å². The summed E-state index contributed by atoms with van der Waals surface area (Å²) in [5.41, 5.74) is 11.3. The van der Waals surface area contributed by atoms with E-state index < -0.39 is 76.9 Å². The van der Waals surface area contributed by atoms with Crippen LogP contribution in [0.4, 0.5) is 13.2 Å². The summed E-state index contributed by atoms with van der Waals surface area (Å²) in [6.07, 6.45) is 1.63. The Morgan fingerprint density at radius 2 is 0.504 bits per heavy atom. The number of ether oxygens (including phenoxy) is 14. The highest BCUT2D eigenvalue weighted by atomic mass is 19.1. The van der Waals surface area contributed by atoms with E-state index in [2.05, 4.69) is 59.2 Å². The van der Waals surface area contributed by atoms with Gasteiger partial charge in [0.1, 0.15) is 28.9 Å². The summed E-state index contributed by atoms with van der Waals surface area (Å²) in [6.45, 7) is 58.5. The van der Waals surface area contributed by atoms with Crippen LogP contribution in [0.3, 0.4) is 0 Å². The van der Waals surface area contributed by atoms with Gasteiger partial charge in [-0.2, -0.15) is 0 Å². The number of hydrogen-bond acceptors (Lipinski definition) is 23. The quantitative estimate of drug-likeness (QED) is 0.0149. The molecule has 696 valence electrons. The zero-order valence-corrected chi connectivity index (χ0v) is 77.3. The first kappa shape index (κ1) is 106. The molecule has 9 rings (SSSR count). The average molecular weight is 1820 g/mol. The number of carbonyl (C=O) groups is 9. The van der Waals surface area contributed by atoms with Gasteiger partial charge in [-0.25, -0.2) is 56.3 Å². The summed E-state index contributed by atoms with van der Waals surface area (Å²) in [5.74, 6) is -8.36. The van der Waals surface area contributed by atoms with Crippen LogP contribution in [0.15, 0.2) is 261 Å². The van der Waals surface area contributed by atoms with Gasteiger partial charge in [-0.1, -0.05) is 128 Å². The molecule has 0 aliphatic heterocycles. The number of rotatable bonds is 41. The molecule has 0 saturated carbocycles. The summed E-state index contributed by atoms with van der Waals surface area (Å²) < 4.78 is 124. The molecule has 0 aromatic heterocycles. The van der Waals surface area contributed by atoms with Crippen LogP contribution < -0.4 is 42.6 Å². The van der Waals surface area contributed by atoms with Gasteiger partial charge in [0.15, 0.2) is 34.6 Å². The Morgan fingerprint density at radius 1 is 0.233 bits per heavy atom. The molecule has 0 bridgehead atoms. The van der Waals surface area contributed by atoms with Gasteiger partial charge < -0.3 is 66.3 Å². The molecule has 0 heterocycles. The van der Waals surface area contributed by atoms with Gasteiger partial charge in [-0.15, -0.1) is 0 Å². The van der Waals surface area contributed by atoms with Crippen molar-refractivity contribution in [3.05, 3.63) is 306 Å². The van der Waals surface area contributed by atoms with Crippen molar-refractivity contribution in [3.63, 3.8) is 0 Å². The van der Waals surface area contributed by atoms with Gasteiger partial charge in [0.2, 0.25) is 5.75 Å². The molecule has 0 radical (unpaired) electrons. The third-order valence-electron chi connectivity index (χ3n) is 18.8. The predicted molar refractivity (Wildman–Crippen MR) is 502 cm³/mol. The fourth-order valence-electron chi connectivity index (χ4n) is 11.8. The summed E-state index contributed by atoms with van der Waals surface area (Å²) in [5, 5.41) is 0. The lowest BCUT2D eigenvalue weighted by Crippen LogP contribution is -2.14. The summed E-state index contributed by atoms with van der Waals surface area (Å²) in [4.78, 5) is 110. The largest absolute Gasteiger partial charge is 0.423 e. The van der Waals surface area contributed by atoms with Crippen molar-refractivity contribution in [3.8, 4) is 119 Å². The lowest BCUT2D eigenvalue weighted by atomic mass is 9.94. The molecule has 9 aromatic carbocycles. The molecule has 0 fully saturated rings. The smallest absolute Gasteiger partial charge is 0.338 e. The Morgan fingerprint density at radius 3 is 0.947 bits per heavy atom. The average Bonchev–Trinajstić information content (AvgIpc) is 0.796. The third kappa shape index (κ3) is 30.5. The van der Waals surface area contributed by atoms with Crippen molar-refractivity contribution in [2.75, 3.05) is 33.0 Å². The number of halogens is 3. The second-order valence-electron chi connectivity index (χ2n) is 30.7. The second-order valence-corrected chi connectivity index (χ2v) is 30.7. The van der Waals surface area contributed by atoms with E-state index in [-0.39, 0.29) is 129 Å². The van der Waals surface area contributed by atoms with Gasteiger partial charge >= 0.3 is 53.7 Å². The molecule has 0 amide bonds. The van der Waals surface area contributed by atoms with Crippen molar-refractivity contribution < 1.29 is 123 Å². The molecule has 0 aliphatic carbocycles. The van der Waals surface area contributed by atoms with Crippen molar-refractivity contribution in [2.24, 2.45) is 0 Å². The Labute approximate surface area is 773 Å². The van der Waals surface area contributed by atoms with E-state index >= 15 is 13.2 Å². The minimum Gasteiger partial charge on any atom is -0.423 e. The minimum atomic E-state index is -0.917. The zero-order valence-electron chi connectivity index (χ0n) is 77.3. The molecule has 23 nitrogen and oxygen atoms in total. The van der Waals surface area contributed by atoms with E-state index in [0.717, 1.165) is 41.2 Å². The summed E-state index contributed by atoms with van der Waals surface area (Å²) in [6, 6.07) is 40.5. The second kappa shape index (κ2) is 50.6. The maximum absolute atomic E-state index is 15.8. The van der Waals surface area contributed by atoms with Crippen LogP contribution in [0.1, 0.15) is 138 Å². The van der Waals surface area contributed by atoms with Crippen molar-refractivity contribution in [2.45, 2.75) is 143 Å². The first-order chi connectivity index (χ1) is 63.1. The van der Waals surface area contributed by atoms with Crippen LogP contribution in [-0.2, 0) is 99.9 Å². The van der Waals surface area contributed by atoms with E-state index in [4.69, 9.17) is 66.3 Å². The van der Waals surface area contributed by atoms with Crippen molar-refractivity contribution >= 4 is 53.7 Å². The highest BCUT2D eigenvalue weighted by molar-refractivity contribution is 5.96. The lowest BCUT2D eigenvalue weighted by molar-refractivity contribution is -0.132. The summed E-state index contributed by atoms with van der Waals surface area (Å²) in [7, 11) is 0. The fraction of sp³-hybridized carbons (Fsp3) is 0.243. The first-order valence-electron chi connectivity index (χ1n) is 42.2. The number of hydrogen-bond donors (Lipinski definition) is 0. The van der Waals surface area contributed by atoms with Crippen LogP contribution in [-0.4, -0.2) is 86.8 Å².